The fourth-order valence-electron chi connectivity index (χ4n) is 9.63. The zero-order valence-electron chi connectivity index (χ0n) is 26.6. The summed E-state index contributed by atoms with van der Waals surface area (Å²) in [4.78, 5) is 34.5. The number of hydrogen-bond acceptors (Lipinski definition) is 8. The summed E-state index contributed by atoms with van der Waals surface area (Å²) in [5.74, 6) is -0.524. The Morgan fingerprint density at radius 2 is 1.64 bits per heavy atom. The van der Waals surface area contributed by atoms with Gasteiger partial charge in [-0.25, -0.2) is 0 Å². The van der Waals surface area contributed by atoms with Gasteiger partial charge in [0.15, 0.2) is 0 Å². The molecule has 8 nitrogen and oxygen atoms in total. The first-order chi connectivity index (χ1) is 18.3. The van der Waals surface area contributed by atoms with E-state index < -0.39 is 36.7 Å². The first kappa shape index (κ1) is 38.8. The number of hydrogen-bond donors (Lipinski definition) is 2. The third kappa shape index (κ3) is 8.07. The van der Waals surface area contributed by atoms with Crippen LogP contribution in [-0.4, -0.2) is 24.0 Å². The number of carboxylic acid groups (broad SMARTS) is 2. The Morgan fingerprint density at radius 3 is 2.26 bits per heavy atom. The Kier molecular flexibility index (Phi) is 14.5. The predicted octanol–water partition coefficient (Wildman–Crippen LogP) is 5.16. The maximum absolute atomic E-state index is 12.5. The van der Waals surface area contributed by atoms with Gasteiger partial charge < -0.3 is 36.8 Å². The number of carbonyl (C=O) groups excluding carboxylic acids is 3. The fraction of sp³-hybridized carbons (Fsp3) is 0.848. The van der Waals surface area contributed by atoms with E-state index in [1.54, 1.807) is 0 Å². The molecule has 0 amide bonds. The van der Waals surface area contributed by atoms with Gasteiger partial charge in [-0.2, -0.15) is 0 Å². The standard InChI is InChI=1S/C33H52O6.2H3N.Pt/c1-20(2)7-6-8-21(3)26-11-12-27-25-10-9-23-19-24(39-30(36)18-22(31(37)38)17-29(34)35)13-15-32(23,4)28(25)14-16-33(26,27)5;;;/h9,20-22,24-28H,6-8,10-19H2,1-5H3,(H,34,35)(H,37,38);2*1H3;/q;;;+4/p-2/t21?,22?,24-,25?,26+,27?,28?,32-,33+;;;/m0.../s1. The first-order valence-corrected chi connectivity index (χ1v) is 15.6. The number of esters is 1. The van der Waals surface area contributed by atoms with Crippen LogP contribution in [0.4, 0.5) is 0 Å². The van der Waals surface area contributed by atoms with Gasteiger partial charge in [0.05, 0.1) is 6.42 Å². The van der Waals surface area contributed by atoms with Gasteiger partial charge >= 0.3 is 27.0 Å². The summed E-state index contributed by atoms with van der Waals surface area (Å²) in [5, 5.41) is 22.1. The number of aliphatic carboxylic acids is 2. The Labute approximate surface area is 268 Å². The van der Waals surface area contributed by atoms with Gasteiger partial charge in [-0.15, -0.1) is 0 Å². The minimum absolute atomic E-state index is 0. The second-order valence-corrected chi connectivity index (χ2v) is 14.4. The molecule has 3 saturated carbocycles. The molecular formula is C33H56N2O6Pt+2. The van der Waals surface area contributed by atoms with Crippen molar-refractivity contribution in [2.45, 2.75) is 124 Å². The molecule has 3 fully saturated rings. The Balaban J connectivity index is 0.00000294. The molecule has 0 aromatic rings. The van der Waals surface area contributed by atoms with E-state index >= 15 is 0 Å². The van der Waals surface area contributed by atoms with Crippen LogP contribution in [0.3, 0.4) is 0 Å². The van der Waals surface area contributed by atoms with Crippen molar-refractivity contribution in [1.29, 1.82) is 0 Å². The second-order valence-electron chi connectivity index (χ2n) is 14.4. The second kappa shape index (κ2) is 15.7. The van der Waals surface area contributed by atoms with Gasteiger partial charge in [-0.05, 0) is 97.7 Å². The number of rotatable bonds is 11. The van der Waals surface area contributed by atoms with Crippen molar-refractivity contribution >= 4 is 17.9 Å². The van der Waals surface area contributed by atoms with Gasteiger partial charge in [-0.1, -0.05) is 65.5 Å². The molecule has 9 atom stereocenters. The number of fused-ring (bicyclic) bond motifs is 5. The molecule has 5 unspecified atom stereocenters. The number of ether oxygens (including phenoxy) is 1. The van der Waals surface area contributed by atoms with Gasteiger partial charge in [0.25, 0.3) is 0 Å². The zero-order valence-corrected chi connectivity index (χ0v) is 28.8. The van der Waals surface area contributed by atoms with Crippen molar-refractivity contribution < 1.29 is 50.4 Å². The summed E-state index contributed by atoms with van der Waals surface area (Å²) >= 11 is 0. The van der Waals surface area contributed by atoms with E-state index in [0.29, 0.717) is 17.8 Å². The van der Waals surface area contributed by atoms with Gasteiger partial charge in [0.1, 0.15) is 6.10 Å². The monoisotopic (exact) mass is 771 g/mol. The number of allylic oxidation sites excluding steroid dienone is 1. The van der Waals surface area contributed by atoms with Gasteiger partial charge in [0, 0.05) is 24.3 Å². The molecule has 0 aliphatic heterocycles. The van der Waals surface area contributed by atoms with E-state index in [1.165, 1.54) is 50.5 Å². The van der Waals surface area contributed by atoms with Crippen molar-refractivity contribution in [2.24, 2.45) is 52.3 Å². The molecule has 0 aromatic carbocycles. The number of carboxylic acids is 2. The predicted molar refractivity (Wildman–Crippen MR) is 156 cm³/mol. The molecule has 0 radical (unpaired) electrons. The molecule has 4 aliphatic carbocycles. The first-order valence-electron chi connectivity index (χ1n) is 15.6. The number of carbonyl (C=O) groups is 3. The summed E-state index contributed by atoms with van der Waals surface area (Å²) in [6, 6.07) is 0. The molecule has 6 N–H and O–H groups in total. The van der Waals surface area contributed by atoms with Crippen molar-refractivity contribution in [1.82, 2.24) is 12.3 Å². The van der Waals surface area contributed by atoms with Gasteiger partial charge in [-0.3, -0.25) is 4.79 Å². The van der Waals surface area contributed by atoms with E-state index in [0.717, 1.165) is 48.9 Å². The van der Waals surface area contributed by atoms with Crippen LogP contribution in [0.5, 0.6) is 0 Å². The molecule has 42 heavy (non-hydrogen) atoms. The summed E-state index contributed by atoms with van der Waals surface area (Å²) < 4.78 is 5.67. The van der Waals surface area contributed by atoms with Gasteiger partial charge in [0.2, 0.25) is 0 Å². The molecule has 242 valence electrons. The van der Waals surface area contributed by atoms with E-state index in [4.69, 9.17) is 4.74 Å². The maximum atomic E-state index is 12.5. The third-order valence-corrected chi connectivity index (χ3v) is 11.7. The van der Waals surface area contributed by atoms with E-state index in [2.05, 4.69) is 40.7 Å². The van der Waals surface area contributed by atoms with Crippen molar-refractivity contribution in [2.75, 3.05) is 0 Å². The Morgan fingerprint density at radius 1 is 0.952 bits per heavy atom. The third-order valence-electron chi connectivity index (χ3n) is 11.7. The van der Waals surface area contributed by atoms with Crippen molar-refractivity contribution in [3.8, 4) is 0 Å². The van der Waals surface area contributed by atoms with E-state index in [-0.39, 0.29) is 44.9 Å². The maximum Gasteiger partial charge on any atom is 4.00 e. The molecule has 0 aromatic heterocycles. The molecule has 4 rings (SSSR count). The summed E-state index contributed by atoms with van der Waals surface area (Å²) in [7, 11) is 0. The molecule has 9 heteroatoms. The zero-order chi connectivity index (χ0) is 28.5. The summed E-state index contributed by atoms with van der Waals surface area (Å²) in [5.41, 5.74) is 1.99. The Bertz CT molecular complexity index is 972. The van der Waals surface area contributed by atoms with Crippen LogP contribution in [0, 0.1) is 52.3 Å². The van der Waals surface area contributed by atoms with Crippen LogP contribution in [-0.2, 0) is 40.2 Å². The molecule has 0 heterocycles. The molecule has 0 bridgehead atoms. The smallest absolute Gasteiger partial charge is 0.550 e. The van der Waals surface area contributed by atoms with Crippen LogP contribution >= 0.6 is 0 Å². The average Bonchev–Trinajstić information content (AvgIpc) is 3.20. The molecular weight excluding hydrogens is 715 g/mol. The summed E-state index contributed by atoms with van der Waals surface area (Å²) in [6.45, 7) is 12.2. The van der Waals surface area contributed by atoms with Crippen molar-refractivity contribution in [3.05, 3.63) is 11.6 Å². The average molecular weight is 772 g/mol. The molecule has 4 aliphatic rings. The van der Waals surface area contributed by atoms with Crippen molar-refractivity contribution in [3.63, 3.8) is 0 Å². The van der Waals surface area contributed by atoms with Crippen LogP contribution < -0.4 is 22.5 Å². The molecule has 0 saturated heterocycles. The fourth-order valence-corrected chi connectivity index (χ4v) is 9.63. The Hall–Kier alpha value is -1.24. The normalized spacial score (nSPS) is 34.5. The minimum Gasteiger partial charge on any atom is -0.550 e. The largest absolute Gasteiger partial charge is 4.00 e. The van der Waals surface area contributed by atoms with E-state index in [9.17, 15) is 24.6 Å². The quantitative estimate of drug-likeness (QED) is 0.214. The topological polar surface area (TPSA) is 177 Å². The molecule has 0 spiro atoms. The van der Waals surface area contributed by atoms with Crippen LogP contribution in [0.2, 0.25) is 0 Å². The van der Waals surface area contributed by atoms with E-state index in [1.807, 2.05) is 0 Å². The SMILES string of the molecule is CC(C)CCCC(C)[C@H]1CCC2C3CC=C4C[C@@H](OC(=O)CC(CC(=O)[O-])C(=O)[O-])CC[C@]4(C)C3CC[C@@]21C.N.N.[Pt+4]. The van der Waals surface area contributed by atoms with Crippen LogP contribution in [0.25, 0.3) is 0 Å². The minimum atomic E-state index is -1.56. The van der Waals surface area contributed by atoms with Crippen LogP contribution in [0.1, 0.15) is 118 Å². The van der Waals surface area contributed by atoms with Crippen LogP contribution in [0.15, 0.2) is 11.6 Å². The summed E-state index contributed by atoms with van der Waals surface area (Å²) in [6.07, 6.45) is 13.9.